The molecule has 0 atom stereocenters. The van der Waals surface area contributed by atoms with Crippen LogP contribution in [-0.2, 0) is 6.42 Å². The van der Waals surface area contributed by atoms with Crippen molar-refractivity contribution >= 4 is 23.3 Å². The monoisotopic (exact) mass is 226 g/mol. The molecule has 2 aromatic rings. The Labute approximate surface area is 100 Å². The lowest BCUT2D eigenvalue weighted by Gasteiger charge is -2.02. The molecular weight excluding hydrogens is 216 g/mol. The summed E-state index contributed by atoms with van der Waals surface area (Å²) in [5.41, 5.74) is 5.31. The van der Waals surface area contributed by atoms with Gasteiger partial charge >= 0.3 is 0 Å². The lowest BCUT2D eigenvalue weighted by molar-refractivity contribution is 1.32. The molecule has 0 saturated carbocycles. The number of fused-ring (bicyclic) bond motifs is 1. The predicted molar refractivity (Wildman–Crippen MR) is 69.5 cm³/mol. The standard InChI is InChI=1S/C15H11Cl/c16-15-7-3-6-13(10-15)14-8-11-4-1-2-5-12(11)9-14/h1-8,10H,9H2. The smallest absolute Gasteiger partial charge is 0.0412 e. The Bertz CT molecular complexity index is 567. The molecule has 1 aliphatic carbocycles. The maximum absolute atomic E-state index is 6.01. The minimum absolute atomic E-state index is 0.800. The molecule has 0 N–H and O–H groups in total. The fourth-order valence-corrected chi connectivity index (χ4v) is 2.34. The van der Waals surface area contributed by atoms with Gasteiger partial charge in [-0.25, -0.2) is 0 Å². The van der Waals surface area contributed by atoms with Crippen LogP contribution < -0.4 is 0 Å². The van der Waals surface area contributed by atoms with Crippen LogP contribution in [0.5, 0.6) is 0 Å². The van der Waals surface area contributed by atoms with E-state index in [0.29, 0.717) is 0 Å². The first-order valence-electron chi connectivity index (χ1n) is 5.37. The van der Waals surface area contributed by atoms with E-state index in [4.69, 9.17) is 11.6 Å². The topological polar surface area (TPSA) is 0 Å². The summed E-state index contributed by atoms with van der Waals surface area (Å²) in [5.74, 6) is 0. The Morgan fingerprint density at radius 1 is 0.938 bits per heavy atom. The summed E-state index contributed by atoms with van der Waals surface area (Å²) in [6, 6.07) is 16.6. The third-order valence-electron chi connectivity index (χ3n) is 2.96. The summed E-state index contributed by atoms with van der Waals surface area (Å²) in [6.07, 6.45) is 3.26. The van der Waals surface area contributed by atoms with Crippen molar-refractivity contribution in [1.82, 2.24) is 0 Å². The van der Waals surface area contributed by atoms with Gasteiger partial charge in [0.25, 0.3) is 0 Å². The lowest BCUT2D eigenvalue weighted by Crippen LogP contribution is -1.84. The molecule has 0 bridgehead atoms. The van der Waals surface area contributed by atoms with Crippen LogP contribution in [0, 0.1) is 0 Å². The van der Waals surface area contributed by atoms with E-state index in [2.05, 4.69) is 36.4 Å². The van der Waals surface area contributed by atoms with Gasteiger partial charge in [0, 0.05) is 5.02 Å². The molecule has 2 aromatic carbocycles. The Morgan fingerprint density at radius 3 is 2.62 bits per heavy atom. The molecule has 16 heavy (non-hydrogen) atoms. The van der Waals surface area contributed by atoms with Crippen LogP contribution in [0.2, 0.25) is 5.02 Å². The summed E-state index contributed by atoms with van der Waals surface area (Å²) in [4.78, 5) is 0. The van der Waals surface area contributed by atoms with E-state index in [0.717, 1.165) is 11.4 Å². The summed E-state index contributed by atoms with van der Waals surface area (Å²) in [5, 5.41) is 0.800. The molecule has 0 amide bonds. The van der Waals surface area contributed by atoms with E-state index in [1.165, 1.54) is 22.3 Å². The van der Waals surface area contributed by atoms with E-state index < -0.39 is 0 Å². The molecule has 0 fully saturated rings. The van der Waals surface area contributed by atoms with Crippen molar-refractivity contribution in [1.29, 1.82) is 0 Å². The summed E-state index contributed by atoms with van der Waals surface area (Å²) in [6.45, 7) is 0. The highest BCUT2D eigenvalue weighted by Crippen LogP contribution is 2.32. The van der Waals surface area contributed by atoms with Crippen LogP contribution in [0.3, 0.4) is 0 Å². The molecule has 0 aliphatic heterocycles. The van der Waals surface area contributed by atoms with Crippen LogP contribution >= 0.6 is 11.6 Å². The zero-order valence-corrected chi connectivity index (χ0v) is 9.54. The third-order valence-corrected chi connectivity index (χ3v) is 3.20. The number of hydrogen-bond donors (Lipinski definition) is 0. The third kappa shape index (κ3) is 1.66. The Balaban J connectivity index is 2.02. The van der Waals surface area contributed by atoms with Crippen molar-refractivity contribution in [2.24, 2.45) is 0 Å². The van der Waals surface area contributed by atoms with Crippen molar-refractivity contribution in [3.63, 3.8) is 0 Å². The van der Waals surface area contributed by atoms with Crippen LogP contribution in [0.15, 0.2) is 48.5 Å². The molecule has 3 rings (SSSR count). The van der Waals surface area contributed by atoms with Crippen molar-refractivity contribution in [3.05, 3.63) is 70.2 Å². The van der Waals surface area contributed by atoms with Gasteiger partial charge in [-0.2, -0.15) is 0 Å². The first kappa shape index (κ1) is 9.68. The highest BCUT2D eigenvalue weighted by Gasteiger charge is 2.13. The average Bonchev–Trinajstić information content (AvgIpc) is 2.72. The quantitative estimate of drug-likeness (QED) is 0.675. The first-order valence-corrected chi connectivity index (χ1v) is 5.75. The summed E-state index contributed by atoms with van der Waals surface area (Å²) in [7, 11) is 0. The second kappa shape index (κ2) is 3.80. The van der Waals surface area contributed by atoms with Gasteiger partial charge in [-0.15, -0.1) is 0 Å². The summed E-state index contributed by atoms with van der Waals surface area (Å²) >= 11 is 6.01. The van der Waals surface area contributed by atoms with Crippen molar-refractivity contribution in [2.45, 2.75) is 6.42 Å². The maximum atomic E-state index is 6.01. The van der Waals surface area contributed by atoms with E-state index in [1.807, 2.05) is 18.2 Å². The molecule has 1 aliphatic rings. The lowest BCUT2D eigenvalue weighted by atomic mass is 10.0. The van der Waals surface area contributed by atoms with Crippen molar-refractivity contribution in [2.75, 3.05) is 0 Å². The van der Waals surface area contributed by atoms with Crippen LogP contribution in [0.1, 0.15) is 16.7 Å². The number of benzene rings is 2. The van der Waals surface area contributed by atoms with Gasteiger partial charge in [-0.3, -0.25) is 0 Å². The van der Waals surface area contributed by atoms with Crippen molar-refractivity contribution < 1.29 is 0 Å². The minimum Gasteiger partial charge on any atom is -0.0843 e. The van der Waals surface area contributed by atoms with Crippen molar-refractivity contribution in [3.8, 4) is 0 Å². The highest BCUT2D eigenvalue weighted by molar-refractivity contribution is 6.30. The van der Waals surface area contributed by atoms with Gasteiger partial charge in [-0.05, 0) is 40.8 Å². The highest BCUT2D eigenvalue weighted by atomic mass is 35.5. The number of allylic oxidation sites excluding steroid dienone is 1. The zero-order valence-electron chi connectivity index (χ0n) is 8.78. The van der Waals surface area contributed by atoms with Gasteiger partial charge < -0.3 is 0 Å². The van der Waals surface area contributed by atoms with E-state index in [-0.39, 0.29) is 0 Å². The number of rotatable bonds is 1. The number of halogens is 1. The Hall–Kier alpha value is -1.53. The van der Waals surface area contributed by atoms with E-state index >= 15 is 0 Å². The molecule has 0 saturated heterocycles. The molecular formula is C15H11Cl. The zero-order chi connectivity index (χ0) is 11.0. The van der Waals surface area contributed by atoms with E-state index in [9.17, 15) is 0 Å². The predicted octanol–water partition coefficient (Wildman–Crippen LogP) is 4.44. The second-order valence-electron chi connectivity index (χ2n) is 4.06. The Morgan fingerprint density at radius 2 is 1.81 bits per heavy atom. The molecule has 0 spiro atoms. The Kier molecular flexibility index (Phi) is 2.30. The molecule has 0 aromatic heterocycles. The largest absolute Gasteiger partial charge is 0.0843 e. The number of hydrogen-bond acceptors (Lipinski definition) is 0. The normalized spacial score (nSPS) is 13.4. The van der Waals surface area contributed by atoms with Gasteiger partial charge in [0.05, 0.1) is 0 Å². The minimum atomic E-state index is 0.800. The molecule has 78 valence electrons. The molecule has 0 nitrogen and oxygen atoms in total. The van der Waals surface area contributed by atoms with Crippen LogP contribution in [0.4, 0.5) is 0 Å². The molecule has 0 heterocycles. The molecule has 0 unspecified atom stereocenters. The second-order valence-corrected chi connectivity index (χ2v) is 4.49. The SMILES string of the molecule is Clc1cccc(C2=Cc3ccccc3C2)c1. The van der Waals surface area contributed by atoms with Gasteiger partial charge in [0.15, 0.2) is 0 Å². The fourth-order valence-electron chi connectivity index (χ4n) is 2.15. The first-order chi connectivity index (χ1) is 7.83. The molecule has 1 heteroatoms. The van der Waals surface area contributed by atoms with Crippen LogP contribution in [0.25, 0.3) is 11.6 Å². The van der Waals surface area contributed by atoms with Crippen LogP contribution in [-0.4, -0.2) is 0 Å². The maximum Gasteiger partial charge on any atom is 0.0412 e. The summed E-state index contributed by atoms with van der Waals surface area (Å²) < 4.78 is 0. The van der Waals surface area contributed by atoms with Gasteiger partial charge in [0.2, 0.25) is 0 Å². The average molecular weight is 227 g/mol. The fraction of sp³-hybridized carbons (Fsp3) is 0.0667. The van der Waals surface area contributed by atoms with Gasteiger partial charge in [-0.1, -0.05) is 54.1 Å². The molecule has 0 radical (unpaired) electrons. The van der Waals surface area contributed by atoms with Gasteiger partial charge in [0.1, 0.15) is 0 Å². The van der Waals surface area contributed by atoms with E-state index in [1.54, 1.807) is 0 Å².